The maximum atomic E-state index is 14.2. The maximum Gasteiger partial charge on any atom is 0.226 e. The van der Waals surface area contributed by atoms with E-state index in [4.69, 9.17) is 4.74 Å². The van der Waals surface area contributed by atoms with Gasteiger partial charge in [0.15, 0.2) is 11.5 Å². The number of anilines is 1. The molecular formula is C23H25FN4O2. The van der Waals surface area contributed by atoms with Gasteiger partial charge in [-0.05, 0) is 50.7 Å². The van der Waals surface area contributed by atoms with Crippen molar-refractivity contribution in [2.24, 2.45) is 0 Å². The number of hydrogen-bond acceptors (Lipinski definition) is 5. The van der Waals surface area contributed by atoms with E-state index in [0.717, 1.165) is 36.4 Å². The lowest BCUT2D eigenvalue weighted by molar-refractivity contribution is 0.0318. The molecule has 5 rings (SSSR count). The van der Waals surface area contributed by atoms with Gasteiger partial charge in [0, 0.05) is 61.0 Å². The molecule has 6 nitrogen and oxygen atoms in total. The van der Waals surface area contributed by atoms with E-state index in [1.807, 2.05) is 31.3 Å². The second-order valence-electron chi connectivity index (χ2n) is 8.29. The molecule has 0 amide bonds. The van der Waals surface area contributed by atoms with E-state index in [1.54, 1.807) is 10.6 Å². The number of piperazine rings is 1. The highest BCUT2D eigenvalue weighted by Crippen LogP contribution is 2.36. The van der Waals surface area contributed by atoms with Crippen LogP contribution in [0.5, 0.6) is 5.75 Å². The molecule has 0 saturated carbocycles. The van der Waals surface area contributed by atoms with Crippen LogP contribution in [0.1, 0.15) is 23.7 Å². The molecule has 1 N–H and O–H groups in total. The molecule has 0 radical (unpaired) electrons. The summed E-state index contributed by atoms with van der Waals surface area (Å²) in [4.78, 5) is 9.06. The Balaban J connectivity index is 1.48. The average Bonchev–Trinajstić information content (AvgIpc) is 3.13. The van der Waals surface area contributed by atoms with Crippen molar-refractivity contribution in [1.82, 2.24) is 14.3 Å². The number of nitrogens with zero attached hydrogens (tertiary/aromatic N) is 4. The van der Waals surface area contributed by atoms with E-state index in [9.17, 15) is 9.50 Å². The van der Waals surface area contributed by atoms with Gasteiger partial charge in [-0.3, -0.25) is 0 Å². The summed E-state index contributed by atoms with van der Waals surface area (Å²) in [5, 5.41) is 10.6. The van der Waals surface area contributed by atoms with E-state index in [1.165, 1.54) is 6.07 Å². The lowest BCUT2D eigenvalue weighted by Crippen LogP contribution is -2.50. The number of likely N-dealkylation sites (N-methyl/N-ethyl adjacent to an activating group) is 1. The van der Waals surface area contributed by atoms with Crippen LogP contribution in [0.15, 0.2) is 36.7 Å². The monoisotopic (exact) mass is 408 g/mol. The summed E-state index contributed by atoms with van der Waals surface area (Å²) in [6, 6.07) is 7.99. The minimum absolute atomic E-state index is 0.231. The summed E-state index contributed by atoms with van der Waals surface area (Å²) in [6.45, 7) is 6.96. The second-order valence-corrected chi connectivity index (χ2v) is 8.29. The Morgan fingerprint density at radius 3 is 2.83 bits per heavy atom. The van der Waals surface area contributed by atoms with E-state index in [2.05, 4.69) is 34.8 Å². The van der Waals surface area contributed by atoms with Crippen molar-refractivity contribution in [1.29, 1.82) is 0 Å². The number of benzene rings is 1. The minimum Gasteiger partial charge on any atom is -0.460 e. The van der Waals surface area contributed by atoms with Gasteiger partial charge in [-0.25, -0.2) is 9.37 Å². The van der Waals surface area contributed by atoms with E-state index in [0.29, 0.717) is 23.1 Å². The van der Waals surface area contributed by atoms with Crippen LogP contribution in [0.2, 0.25) is 0 Å². The first-order valence-electron chi connectivity index (χ1n) is 10.2. The standard InChI is InChI=1S/C23H25FN4O2/c1-14-8-19(24)22-25-20(13-28(22)11-14)18-9-16-4-5-17(10-21(16)30-23(18)29)27-7-6-26(3)15(2)12-27/h4-5,8-11,13,15,23,29H,6-7,12H2,1-3H3. The highest BCUT2D eigenvalue weighted by atomic mass is 19.1. The lowest BCUT2D eigenvalue weighted by Gasteiger charge is -2.39. The van der Waals surface area contributed by atoms with Gasteiger partial charge in [0.2, 0.25) is 6.29 Å². The molecule has 2 aliphatic heterocycles. The molecule has 3 aromatic rings. The zero-order valence-corrected chi connectivity index (χ0v) is 17.3. The zero-order valence-electron chi connectivity index (χ0n) is 17.3. The first-order valence-corrected chi connectivity index (χ1v) is 10.2. The van der Waals surface area contributed by atoms with E-state index < -0.39 is 6.29 Å². The Morgan fingerprint density at radius 1 is 1.20 bits per heavy atom. The number of aryl methyl sites for hydroxylation is 1. The number of pyridine rings is 1. The number of aliphatic hydroxyl groups is 1. The molecule has 1 aromatic carbocycles. The maximum absolute atomic E-state index is 14.2. The van der Waals surface area contributed by atoms with Crippen molar-refractivity contribution in [3.05, 3.63) is 59.3 Å². The molecule has 7 heteroatoms. The van der Waals surface area contributed by atoms with Crippen LogP contribution in [-0.4, -0.2) is 58.4 Å². The molecule has 30 heavy (non-hydrogen) atoms. The Hall–Kier alpha value is -2.90. The van der Waals surface area contributed by atoms with Crippen LogP contribution >= 0.6 is 0 Å². The van der Waals surface area contributed by atoms with Crippen molar-refractivity contribution in [2.75, 3.05) is 31.6 Å². The molecule has 2 unspecified atom stereocenters. The summed E-state index contributed by atoms with van der Waals surface area (Å²) < 4.78 is 21.7. The van der Waals surface area contributed by atoms with Gasteiger partial charge in [0.05, 0.1) is 5.69 Å². The third-order valence-electron chi connectivity index (χ3n) is 6.08. The Labute approximate surface area is 174 Å². The number of aromatic nitrogens is 2. The summed E-state index contributed by atoms with van der Waals surface area (Å²) in [6.07, 6.45) is 4.23. The number of ether oxygens (including phenoxy) is 1. The predicted octanol–water partition coefficient (Wildman–Crippen LogP) is 3.17. The molecule has 156 valence electrons. The largest absolute Gasteiger partial charge is 0.460 e. The van der Waals surface area contributed by atoms with Crippen molar-refractivity contribution in [3.8, 4) is 5.75 Å². The fourth-order valence-electron chi connectivity index (χ4n) is 4.18. The molecule has 2 aliphatic rings. The quantitative estimate of drug-likeness (QED) is 0.706. The third-order valence-corrected chi connectivity index (χ3v) is 6.08. The number of fused-ring (bicyclic) bond motifs is 2. The molecule has 1 fully saturated rings. The number of aliphatic hydroxyl groups excluding tert-OH is 1. The first-order chi connectivity index (χ1) is 14.4. The number of hydrogen-bond donors (Lipinski definition) is 1. The average molecular weight is 408 g/mol. The third kappa shape index (κ3) is 3.24. The van der Waals surface area contributed by atoms with Crippen molar-refractivity contribution in [3.63, 3.8) is 0 Å². The molecule has 0 bridgehead atoms. The topological polar surface area (TPSA) is 53.2 Å². The molecule has 2 atom stereocenters. The molecule has 2 aromatic heterocycles. The highest BCUT2D eigenvalue weighted by Gasteiger charge is 2.26. The summed E-state index contributed by atoms with van der Waals surface area (Å²) >= 11 is 0. The summed E-state index contributed by atoms with van der Waals surface area (Å²) in [5.74, 6) is 0.251. The Morgan fingerprint density at radius 2 is 2.03 bits per heavy atom. The van der Waals surface area contributed by atoms with E-state index >= 15 is 0 Å². The number of rotatable bonds is 2. The van der Waals surface area contributed by atoms with Crippen molar-refractivity contribution >= 4 is 23.0 Å². The molecule has 0 spiro atoms. The Bertz CT molecular complexity index is 1160. The Kier molecular flexibility index (Phi) is 4.52. The van der Waals surface area contributed by atoms with Gasteiger partial charge < -0.3 is 24.0 Å². The van der Waals surface area contributed by atoms with Crippen LogP contribution in [0, 0.1) is 12.7 Å². The fraction of sp³-hybridized carbons (Fsp3) is 0.348. The van der Waals surface area contributed by atoms with Gasteiger partial charge in [-0.1, -0.05) is 0 Å². The molecule has 1 saturated heterocycles. The van der Waals surface area contributed by atoms with Gasteiger partial charge in [-0.15, -0.1) is 0 Å². The molecule has 0 aliphatic carbocycles. The number of imidazole rings is 1. The molecular weight excluding hydrogens is 383 g/mol. The first kappa shape index (κ1) is 19.1. The zero-order chi connectivity index (χ0) is 21.0. The van der Waals surface area contributed by atoms with Gasteiger partial charge in [0.25, 0.3) is 0 Å². The van der Waals surface area contributed by atoms with Crippen LogP contribution in [-0.2, 0) is 0 Å². The van der Waals surface area contributed by atoms with Crippen LogP contribution in [0.25, 0.3) is 17.3 Å². The van der Waals surface area contributed by atoms with Gasteiger partial charge in [0.1, 0.15) is 5.75 Å². The fourth-order valence-corrected chi connectivity index (χ4v) is 4.18. The predicted molar refractivity (Wildman–Crippen MR) is 115 cm³/mol. The van der Waals surface area contributed by atoms with Crippen LogP contribution in [0.3, 0.4) is 0 Å². The molecule has 4 heterocycles. The second kappa shape index (κ2) is 7.11. The van der Waals surface area contributed by atoms with Crippen molar-refractivity contribution < 1.29 is 14.2 Å². The lowest BCUT2D eigenvalue weighted by atomic mass is 10.0. The normalized spacial score (nSPS) is 22.0. The van der Waals surface area contributed by atoms with Gasteiger partial charge >= 0.3 is 0 Å². The minimum atomic E-state index is -1.16. The summed E-state index contributed by atoms with van der Waals surface area (Å²) in [5.41, 5.74) is 4.00. The van der Waals surface area contributed by atoms with Gasteiger partial charge in [-0.2, -0.15) is 0 Å². The van der Waals surface area contributed by atoms with Crippen LogP contribution < -0.4 is 9.64 Å². The smallest absolute Gasteiger partial charge is 0.226 e. The highest BCUT2D eigenvalue weighted by molar-refractivity contribution is 5.86. The van der Waals surface area contributed by atoms with Crippen molar-refractivity contribution in [2.45, 2.75) is 26.2 Å². The SMILES string of the molecule is Cc1cc(F)c2nc(C3=Cc4ccc(N5CCN(C)C(C)C5)cc4OC3O)cn2c1. The van der Waals surface area contributed by atoms with Crippen LogP contribution in [0.4, 0.5) is 10.1 Å². The summed E-state index contributed by atoms with van der Waals surface area (Å²) in [7, 11) is 2.15. The number of halogens is 1. The van der Waals surface area contributed by atoms with E-state index in [-0.39, 0.29) is 11.5 Å².